The van der Waals surface area contributed by atoms with Crippen LogP contribution in [0.15, 0.2) is 42.5 Å². The lowest BCUT2D eigenvalue weighted by molar-refractivity contribution is 0.194. The predicted molar refractivity (Wildman–Crippen MR) is 130 cm³/mol. The van der Waals surface area contributed by atoms with E-state index in [1.54, 1.807) is 7.11 Å². The summed E-state index contributed by atoms with van der Waals surface area (Å²) in [6.45, 7) is 8.24. The van der Waals surface area contributed by atoms with Gasteiger partial charge in [0.25, 0.3) is 0 Å². The number of methoxy groups -OCH3 is 1. The van der Waals surface area contributed by atoms with E-state index in [9.17, 15) is 0 Å². The summed E-state index contributed by atoms with van der Waals surface area (Å²) in [5, 5.41) is 13.2. The van der Waals surface area contributed by atoms with Gasteiger partial charge in [-0.1, -0.05) is 43.2 Å². The number of piperazine rings is 1. The molecule has 174 valence electrons. The lowest BCUT2D eigenvalue weighted by Gasteiger charge is -2.40. The van der Waals surface area contributed by atoms with E-state index in [1.165, 1.54) is 29.7 Å². The molecule has 1 atom stereocenters. The first kappa shape index (κ1) is 21.9. The number of aryl methyl sites for hydroxylation is 1. The van der Waals surface area contributed by atoms with Crippen molar-refractivity contribution in [1.29, 1.82) is 0 Å². The summed E-state index contributed by atoms with van der Waals surface area (Å²) in [4.78, 5) is 5.04. The maximum absolute atomic E-state index is 5.78. The van der Waals surface area contributed by atoms with Crippen molar-refractivity contribution in [2.75, 3.05) is 38.2 Å². The minimum atomic E-state index is -0.0301. The number of hydrogen-bond acceptors (Lipinski definition) is 6. The first-order chi connectivity index (χ1) is 16.2. The first-order valence-electron chi connectivity index (χ1n) is 12.1. The van der Waals surface area contributed by atoms with E-state index in [0.29, 0.717) is 6.04 Å². The summed E-state index contributed by atoms with van der Waals surface area (Å²) in [5.41, 5.74) is 5.20. The maximum atomic E-state index is 5.78. The highest BCUT2D eigenvalue weighted by atomic mass is 16.5. The molecule has 7 heteroatoms. The fraction of sp³-hybridized carbons (Fsp3) is 0.500. The Morgan fingerprint density at radius 2 is 1.70 bits per heavy atom. The van der Waals surface area contributed by atoms with Crippen molar-refractivity contribution >= 4 is 5.69 Å². The predicted octanol–water partition coefficient (Wildman–Crippen LogP) is 4.33. The van der Waals surface area contributed by atoms with Crippen molar-refractivity contribution in [3.05, 3.63) is 65.0 Å². The second kappa shape index (κ2) is 9.51. The van der Waals surface area contributed by atoms with Crippen LogP contribution in [0.2, 0.25) is 0 Å². The Morgan fingerprint density at radius 3 is 2.45 bits per heavy atom. The second-order valence-electron chi connectivity index (χ2n) is 9.31. The fourth-order valence-corrected chi connectivity index (χ4v) is 5.48. The van der Waals surface area contributed by atoms with Gasteiger partial charge >= 0.3 is 0 Å². The van der Waals surface area contributed by atoms with Crippen LogP contribution in [0.5, 0.6) is 5.75 Å². The molecule has 2 fully saturated rings. The molecule has 0 amide bonds. The van der Waals surface area contributed by atoms with E-state index in [4.69, 9.17) is 4.74 Å². The van der Waals surface area contributed by atoms with Crippen LogP contribution in [0.25, 0.3) is 0 Å². The monoisotopic (exact) mass is 446 g/mol. The molecular formula is C26H34N6O. The van der Waals surface area contributed by atoms with Gasteiger partial charge < -0.3 is 9.64 Å². The molecule has 0 radical (unpaired) electrons. The van der Waals surface area contributed by atoms with Crippen molar-refractivity contribution in [3.63, 3.8) is 0 Å². The molecule has 1 saturated heterocycles. The van der Waals surface area contributed by atoms with Crippen LogP contribution in [-0.4, -0.2) is 58.4 Å². The van der Waals surface area contributed by atoms with E-state index in [2.05, 4.69) is 74.2 Å². The van der Waals surface area contributed by atoms with Crippen molar-refractivity contribution in [3.8, 4) is 5.75 Å². The third kappa shape index (κ3) is 4.22. The van der Waals surface area contributed by atoms with Crippen LogP contribution in [0.1, 0.15) is 60.3 Å². The van der Waals surface area contributed by atoms with Crippen LogP contribution in [0.3, 0.4) is 0 Å². The number of anilines is 1. The molecule has 2 aliphatic rings. The SMILES string of the molecule is COc1ccccc1[C@H](c1nnnn1C1CCCC1)N1CCN(c2cccc(C)c2C)CC1. The molecule has 0 bridgehead atoms. The van der Waals surface area contributed by atoms with Gasteiger partial charge in [0, 0.05) is 37.4 Å². The molecule has 1 aromatic heterocycles. The van der Waals surface area contributed by atoms with E-state index in [1.807, 2.05) is 12.1 Å². The maximum Gasteiger partial charge on any atom is 0.173 e. The van der Waals surface area contributed by atoms with Gasteiger partial charge in [-0.2, -0.15) is 0 Å². The molecule has 1 aliphatic carbocycles. The summed E-state index contributed by atoms with van der Waals surface area (Å²) in [7, 11) is 1.74. The Hall–Kier alpha value is -2.93. The normalized spacial score (nSPS) is 18.6. The lowest BCUT2D eigenvalue weighted by Crippen LogP contribution is -2.48. The third-order valence-electron chi connectivity index (χ3n) is 7.46. The largest absolute Gasteiger partial charge is 0.496 e. The lowest BCUT2D eigenvalue weighted by atomic mass is 10.0. The van der Waals surface area contributed by atoms with Gasteiger partial charge in [0.2, 0.25) is 0 Å². The number of hydrogen-bond donors (Lipinski definition) is 0. The number of aromatic nitrogens is 4. The molecule has 0 spiro atoms. The van der Waals surface area contributed by atoms with E-state index < -0.39 is 0 Å². The van der Waals surface area contributed by atoms with Gasteiger partial charge in [-0.05, 0) is 60.4 Å². The molecule has 1 saturated carbocycles. The molecule has 0 N–H and O–H groups in total. The molecule has 0 unspecified atom stereocenters. The van der Waals surface area contributed by atoms with E-state index >= 15 is 0 Å². The Kier molecular flexibility index (Phi) is 6.31. The highest BCUT2D eigenvalue weighted by molar-refractivity contribution is 5.56. The number of para-hydroxylation sites is 1. The molecular weight excluding hydrogens is 412 g/mol. The van der Waals surface area contributed by atoms with E-state index in [0.717, 1.165) is 56.2 Å². The number of rotatable bonds is 6. The summed E-state index contributed by atoms with van der Waals surface area (Å²) in [6.07, 6.45) is 4.80. The van der Waals surface area contributed by atoms with Gasteiger partial charge in [-0.15, -0.1) is 5.10 Å². The number of benzene rings is 2. The zero-order valence-electron chi connectivity index (χ0n) is 19.9. The molecule has 2 heterocycles. The fourth-order valence-electron chi connectivity index (χ4n) is 5.48. The Bertz CT molecular complexity index is 1080. The summed E-state index contributed by atoms with van der Waals surface area (Å²) < 4.78 is 7.88. The van der Waals surface area contributed by atoms with Crippen molar-refractivity contribution in [2.24, 2.45) is 0 Å². The van der Waals surface area contributed by atoms with Crippen LogP contribution in [-0.2, 0) is 0 Å². The van der Waals surface area contributed by atoms with Gasteiger partial charge in [-0.25, -0.2) is 4.68 Å². The van der Waals surface area contributed by atoms with Crippen molar-refractivity contribution in [2.45, 2.75) is 51.6 Å². The summed E-state index contributed by atoms with van der Waals surface area (Å²) in [6, 6.07) is 15.3. The van der Waals surface area contributed by atoms with Gasteiger partial charge in [0.1, 0.15) is 11.8 Å². The number of nitrogens with zero attached hydrogens (tertiary/aromatic N) is 6. The van der Waals surface area contributed by atoms with E-state index in [-0.39, 0.29) is 6.04 Å². The molecule has 3 aromatic rings. The molecule has 5 rings (SSSR count). The average Bonchev–Trinajstić information content (AvgIpc) is 3.54. The minimum absolute atomic E-state index is 0.0301. The number of ether oxygens (including phenoxy) is 1. The van der Waals surface area contributed by atoms with Crippen molar-refractivity contribution in [1.82, 2.24) is 25.1 Å². The average molecular weight is 447 g/mol. The summed E-state index contributed by atoms with van der Waals surface area (Å²) in [5.74, 6) is 1.83. The Morgan fingerprint density at radius 1 is 0.939 bits per heavy atom. The minimum Gasteiger partial charge on any atom is -0.496 e. The number of tetrazole rings is 1. The van der Waals surface area contributed by atoms with Crippen LogP contribution in [0, 0.1) is 13.8 Å². The van der Waals surface area contributed by atoms with Crippen molar-refractivity contribution < 1.29 is 4.74 Å². The van der Waals surface area contributed by atoms with Crippen LogP contribution in [0.4, 0.5) is 5.69 Å². The smallest absolute Gasteiger partial charge is 0.173 e. The van der Waals surface area contributed by atoms with Gasteiger partial charge in [-0.3, -0.25) is 4.90 Å². The zero-order valence-corrected chi connectivity index (χ0v) is 19.9. The van der Waals surface area contributed by atoms with Gasteiger partial charge in [0.05, 0.1) is 13.2 Å². The van der Waals surface area contributed by atoms with Crippen LogP contribution < -0.4 is 9.64 Å². The third-order valence-corrected chi connectivity index (χ3v) is 7.46. The van der Waals surface area contributed by atoms with Crippen LogP contribution >= 0.6 is 0 Å². The topological polar surface area (TPSA) is 59.3 Å². The molecule has 7 nitrogen and oxygen atoms in total. The Balaban J connectivity index is 1.46. The summed E-state index contributed by atoms with van der Waals surface area (Å²) >= 11 is 0. The molecule has 2 aromatic carbocycles. The zero-order chi connectivity index (χ0) is 22.8. The molecule has 1 aliphatic heterocycles. The standard InChI is InChI=1S/C26H34N6O/c1-19-9-8-13-23(20(19)2)30-15-17-31(18-16-30)25(22-12-6-7-14-24(22)33-3)26-27-28-29-32(26)21-10-4-5-11-21/h6-9,12-14,21,25H,4-5,10-11,15-18H2,1-3H3/t25-/m1/s1. The van der Waals surface area contributed by atoms with Gasteiger partial charge in [0.15, 0.2) is 5.82 Å². The first-order valence-corrected chi connectivity index (χ1v) is 12.1. The molecule has 33 heavy (non-hydrogen) atoms. The highest BCUT2D eigenvalue weighted by Crippen LogP contribution is 2.38. The Labute approximate surface area is 196 Å². The highest BCUT2D eigenvalue weighted by Gasteiger charge is 2.34. The second-order valence-corrected chi connectivity index (χ2v) is 9.31. The quantitative estimate of drug-likeness (QED) is 0.562.